The van der Waals surface area contributed by atoms with Crippen LogP contribution in [-0.4, -0.2) is 17.0 Å². The molecule has 2 N–H and O–H groups in total. The number of carboxylic acid groups (broad SMARTS) is 1. The van der Waals surface area contributed by atoms with Gasteiger partial charge in [-0.2, -0.15) is 5.26 Å². The standard InChI is InChI=1S/C23H15BrN2O4/c24-19-6-1-2-7-21(19)30-18-10-8-15(9-11-18)13-20(23(28)29)26-22(27)17-5-3-4-16(12-17)14-25/h1-13H,(H,26,27)(H,28,29)/b20-13-. The summed E-state index contributed by atoms with van der Waals surface area (Å²) < 4.78 is 6.59. The lowest BCUT2D eigenvalue weighted by molar-refractivity contribution is -0.132. The fourth-order valence-corrected chi connectivity index (χ4v) is 2.89. The molecule has 0 aliphatic rings. The molecule has 6 nitrogen and oxygen atoms in total. The second kappa shape index (κ2) is 9.54. The van der Waals surface area contributed by atoms with Crippen LogP contribution in [0.25, 0.3) is 6.08 Å². The number of hydrogen-bond acceptors (Lipinski definition) is 4. The Morgan fingerprint density at radius 1 is 1.03 bits per heavy atom. The van der Waals surface area contributed by atoms with E-state index >= 15 is 0 Å². The summed E-state index contributed by atoms with van der Waals surface area (Å²) in [6.45, 7) is 0. The van der Waals surface area contributed by atoms with E-state index in [9.17, 15) is 14.7 Å². The predicted molar refractivity (Wildman–Crippen MR) is 115 cm³/mol. The molecule has 0 radical (unpaired) electrons. The van der Waals surface area contributed by atoms with Gasteiger partial charge in [-0.3, -0.25) is 4.79 Å². The summed E-state index contributed by atoms with van der Waals surface area (Å²) in [4.78, 5) is 23.9. The van der Waals surface area contributed by atoms with Crippen molar-refractivity contribution < 1.29 is 19.4 Å². The summed E-state index contributed by atoms with van der Waals surface area (Å²) in [5, 5.41) is 20.8. The second-order valence-corrected chi connectivity index (χ2v) is 6.97. The highest BCUT2D eigenvalue weighted by Crippen LogP contribution is 2.29. The number of carboxylic acids is 1. The molecule has 3 aromatic rings. The van der Waals surface area contributed by atoms with E-state index in [1.54, 1.807) is 36.4 Å². The van der Waals surface area contributed by atoms with Gasteiger partial charge in [-0.05, 0) is 70.0 Å². The highest BCUT2D eigenvalue weighted by Gasteiger charge is 2.14. The summed E-state index contributed by atoms with van der Waals surface area (Å²) >= 11 is 3.41. The number of nitriles is 1. The van der Waals surface area contributed by atoms with Crippen molar-refractivity contribution >= 4 is 33.9 Å². The van der Waals surface area contributed by atoms with Crippen LogP contribution in [0.2, 0.25) is 0 Å². The van der Waals surface area contributed by atoms with Crippen molar-refractivity contribution in [1.29, 1.82) is 5.26 Å². The van der Waals surface area contributed by atoms with Crippen LogP contribution in [0.15, 0.2) is 83.0 Å². The van der Waals surface area contributed by atoms with Crippen molar-refractivity contribution in [3.05, 3.63) is 99.7 Å². The van der Waals surface area contributed by atoms with Gasteiger partial charge in [0.1, 0.15) is 17.2 Å². The van der Waals surface area contributed by atoms with Crippen LogP contribution in [0.1, 0.15) is 21.5 Å². The molecule has 0 aliphatic heterocycles. The Hall–Kier alpha value is -3.89. The van der Waals surface area contributed by atoms with E-state index in [0.29, 0.717) is 22.6 Å². The molecule has 0 heterocycles. The Kier molecular flexibility index (Phi) is 6.63. The fraction of sp³-hybridized carbons (Fsp3) is 0. The molecular formula is C23H15BrN2O4. The quantitative estimate of drug-likeness (QED) is 0.503. The molecule has 148 valence electrons. The zero-order valence-electron chi connectivity index (χ0n) is 15.5. The second-order valence-electron chi connectivity index (χ2n) is 6.11. The lowest BCUT2D eigenvalue weighted by Gasteiger charge is -2.09. The van der Waals surface area contributed by atoms with Crippen LogP contribution in [0.3, 0.4) is 0 Å². The average Bonchev–Trinajstić information content (AvgIpc) is 2.76. The fourth-order valence-electron chi connectivity index (χ4n) is 2.53. The Balaban J connectivity index is 1.76. The summed E-state index contributed by atoms with van der Waals surface area (Å²) in [7, 11) is 0. The Morgan fingerprint density at radius 3 is 2.43 bits per heavy atom. The van der Waals surface area contributed by atoms with Gasteiger partial charge in [0.05, 0.1) is 16.1 Å². The molecule has 3 aromatic carbocycles. The third-order valence-electron chi connectivity index (χ3n) is 3.99. The summed E-state index contributed by atoms with van der Waals surface area (Å²) in [6, 6.07) is 22.1. The number of para-hydroxylation sites is 1. The number of rotatable bonds is 6. The number of nitrogens with one attached hydrogen (secondary N) is 1. The number of nitrogens with zero attached hydrogens (tertiary/aromatic N) is 1. The van der Waals surface area contributed by atoms with Gasteiger partial charge in [0, 0.05) is 5.56 Å². The van der Waals surface area contributed by atoms with Crippen molar-refractivity contribution in [3.63, 3.8) is 0 Å². The topological polar surface area (TPSA) is 99.4 Å². The van der Waals surface area contributed by atoms with Crippen molar-refractivity contribution in [1.82, 2.24) is 5.32 Å². The number of benzene rings is 3. The van der Waals surface area contributed by atoms with Gasteiger partial charge in [0.25, 0.3) is 5.91 Å². The number of amides is 1. The SMILES string of the molecule is N#Cc1cccc(C(=O)N/C(=C\c2ccc(Oc3ccccc3Br)cc2)C(=O)O)c1. The number of halogens is 1. The largest absolute Gasteiger partial charge is 0.477 e. The molecular weight excluding hydrogens is 448 g/mol. The maximum Gasteiger partial charge on any atom is 0.352 e. The monoisotopic (exact) mass is 462 g/mol. The summed E-state index contributed by atoms with van der Waals surface area (Å²) in [6.07, 6.45) is 1.34. The first kappa shape index (κ1) is 20.8. The lowest BCUT2D eigenvalue weighted by atomic mass is 10.1. The van der Waals surface area contributed by atoms with Crippen LogP contribution >= 0.6 is 15.9 Å². The number of hydrogen-bond donors (Lipinski definition) is 2. The van der Waals surface area contributed by atoms with Gasteiger partial charge in [0.2, 0.25) is 0 Å². The zero-order chi connectivity index (χ0) is 21.5. The third-order valence-corrected chi connectivity index (χ3v) is 4.64. The molecule has 1 amide bonds. The van der Waals surface area contributed by atoms with E-state index in [1.807, 2.05) is 30.3 Å². The molecule has 0 atom stereocenters. The van der Waals surface area contributed by atoms with Crippen molar-refractivity contribution in [3.8, 4) is 17.6 Å². The molecule has 0 saturated carbocycles. The van der Waals surface area contributed by atoms with Crippen LogP contribution in [0.4, 0.5) is 0 Å². The van der Waals surface area contributed by atoms with Gasteiger partial charge < -0.3 is 15.2 Å². The first-order chi connectivity index (χ1) is 14.5. The van der Waals surface area contributed by atoms with E-state index in [1.165, 1.54) is 18.2 Å². The van der Waals surface area contributed by atoms with Crippen LogP contribution in [0, 0.1) is 11.3 Å². The minimum Gasteiger partial charge on any atom is -0.477 e. The van der Waals surface area contributed by atoms with Crippen molar-refractivity contribution in [2.24, 2.45) is 0 Å². The van der Waals surface area contributed by atoms with Crippen LogP contribution in [-0.2, 0) is 4.79 Å². The highest BCUT2D eigenvalue weighted by molar-refractivity contribution is 9.10. The van der Waals surface area contributed by atoms with Crippen molar-refractivity contribution in [2.75, 3.05) is 0 Å². The zero-order valence-corrected chi connectivity index (χ0v) is 17.1. The third kappa shape index (κ3) is 5.34. The van der Waals surface area contributed by atoms with E-state index in [4.69, 9.17) is 10.00 Å². The van der Waals surface area contributed by atoms with Gasteiger partial charge in [-0.25, -0.2) is 4.79 Å². The van der Waals surface area contributed by atoms with E-state index < -0.39 is 11.9 Å². The molecule has 0 fully saturated rings. The number of carbonyl (C=O) groups excluding carboxylic acids is 1. The maximum atomic E-state index is 12.4. The normalized spacial score (nSPS) is 10.7. The van der Waals surface area contributed by atoms with Gasteiger partial charge in [-0.15, -0.1) is 0 Å². The smallest absolute Gasteiger partial charge is 0.352 e. The maximum absolute atomic E-state index is 12.4. The molecule has 0 saturated heterocycles. The molecule has 0 spiro atoms. The Bertz CT molecular complexity index is 1160. The Labute approximate surface area is 181 Å². The molecule has 0 bridgehead atoms. The highest BCUT2D eigenvalue weighted by atomic mass is 79.9. The first-order valence-corrected chi connectivity index (χ1v) is 9.54. The number of ether oxygens (including phenoxy) is 1. The van der Waals surface area contributed by atoms with E-state index in [-0.39, 0.29) is 11.3 Å². The lowest BCUT2D eigenvalue weighted by Crippen LogP contribution is -2.27. The Morgan fingerprint density at radius 2 is 1.77 bits per heavy atom. The average molecular weight is 463 g/mol. The first-order valence-electron chi connectivity index (χ1n) is 8.75. The van der Waals surface area contributed by atoms with E-state index in [2.05, 4.69) is 21.2 Å². The molecule has 0 aromatic heterocycles. The van der Waals surface area contributed by atoms with E-state index in [0.717, 1.165) is 4.47 Å². The molecule has 3 rings (SSSR count). The molecule has 0 unspecified atom stereocenters. The number of aliphatic carboxylic acids is 1. The molecule has 30 heavy (non-hydrogen) atoms. The summed E-state index contributed by atoms with van der Waals surface area (Å²) in [5.74, 6) is -0.671. The minimum atomic E-state index is -1.28. The van der Waals surface area contributed by atoms with Gasteiger partial charge >= 0.3 is 5.97 Å². The molecule has 7 heteroatoms. The van der Waals surface area contributed by atoms with Crippen LogP contribution in [0.5, 0.6) is 11.5 Å². The predicted octanol–water partition coefficient (Wildman–Crippen LogP) is 4.97. The minimum absolute atomic E-state index is 0.193. The van der Waals surface area contributed by atoms with Crippen LogP contribution < -0.4 is 10.1 Å². The number of carbonyl (C=O) groups is 2. The molecule has 0 aliphatic carbocycles. The summed E-state index contributed by atoms with van der Waals surface area (Å²) in [5.41, 5.74) is 0.780. The van der Waals surface area contributed by atoms with Gasteiger partial charge in [0.15, 0.2) is 0 Å². The van der Waals surface area contributed by atoms with Crippen molar-refractivity contribution in [2.45, 2.75) is 0 Å². The van der Waals surface area contributed by atoms with Gasteiger partial charge in [-0.1, -0.05) is 30.3 Å².